The highest BCUT2D eigenvalue weighted by atomic mass is 32.2. The topological polar surface area (TPSA) is 81.0 Å². The predicted octanol–water partition coefficient (Wildman–Crippen LogP) is 0.987. The van der Waals surface area contributed by atoms with Crippen LogP contribution < -0.4 is 0 Å². The van der Waals surface area contributed by atoms with E-state index in [4.69, 9.17) is 4.74 Å². The summed E-state index contributed by atoms with van der Waals surface area (Å²) in [6.45, 7) is 4.72. The van der Waals surface area contributed by atoms with Crippen LogP contribution in [-0.4, -0.2) is 60.2 Å². The molecule has 23 heavy (non-hydrogen) atoms. The van der Waals surface area contributed by atoms with Crippen molar-refractivity contribution in [1.29, 1.82) is 0 Å². The maximum Gasteiger partial charge on any atom is 0.275 e. The molecule has 1 amide bonds. The number of imidazole rings is 1. The molecule has 0 bridgehead atoms. The lowest BCUT2D eigenvalue weighted by Gasteiger charge is -2.36. The summed E-state index contributed by atoms with van der Waals surface area (Å²) < 4.78 is 30.9. The van der Waals surface area contributed by atoms with Crippen molar-refractivity contribution in [3.8, 4) is 0 Å². The SMILES string of the molecule is CC1CN(C(=O)c2nc(S(C)(=O)=O)n3ccccc23)C(C)CO1. The van der Waals surface area contributed by atoms with E-state index in [9.17, 15) is 13.2 Å². The Hall–Kier alpha value is -1.93. The standard InChI is InChI=1S/C15H19N3O4S/c1-10-9-22-11(2)8-18(10)14(19)13-12-6-4-5-7-17(12)15(16-13)23(3,20)21/h4-7,10-11H,8-9H2,1-3H3. The molecule has 2 atom stereocenters. The van der Waals surface area contributed by atoms with E-state index in [1.54, 1.807) is 29.3 Å². The number of morpholine rings is 1. The van der Waals surface area contributed by atoms with Crippen LogP contribution >= 0.6 is 0 Å². The molecule has 3 rings (SSSR count). The first-order valence-corrected chi connectivity index (χ1v) is 9.28. The second-order valence-corrected chi connectivity index (χ2v) is 7.83. The minimum absolute atomic E-state index is 0.0570. The van der Waals surface area contributed by atoms with E-state index in [1.807, 2.05) is 13.8 Å². The van der Waals surface area contributed by atoms with Gasteiger partial charge < -0.3 is 9.64 Å². The van der Waals surface area contributed by atoms with Crippen LogP contribution in [0.1, 0.15) is 24.3 Å². The number of pyridine rings is 1. The van der Waals surface area contributed by atoms with E-state index in [0.717, 1.165) is 6.26 Å². The minimum Gasteiger partial charge on any atom is -0.375 e. The number of hydrogen-bond acceptors (Lipinski definition) is 5. The van der Waals surface area contributed by atoms with Gasteiger partial charge in [-0.15, -0.1) is 0 Å². The number of carbonyl (C=O) groups excluding carboxylic acids is 1. The molecule has 1 saturated heterocycles. The number of rotatable bonds is 2. The lowest BCUT2D eigenvalue weighted by atomic mass is 10.2. The van der Waals surface area contributed by atoms with Crippen molar-refractivity contribution in [3.63, 3.8) is 0 Å². The normalized spacial score (nSPS) is 22.5. The van der Waals surface area contributed by atoms with Crippen LogP contribution in [0.3, 0.4) is 0 Å². The number of carbonyl (C=O) groups is 1. The second kappa shape index (κ2) is 5.61. The molecule has 0 saturated carbocycles. The number of aromatic nitrogens is 2. The van der Waals surface area contributed by atoms with Crippen LogP contribution in [-0.2, 0) is 14.6 Å². The second-order valence-electron chi connectivity index (χ2n) is 5.92. The third kappa shape index (κ3) is 2.84. The summed E-state index contributed by atoms with van der Waals surface area (Å²) in [7, 11) is -3.54. The molecular formula is C15H19N3O4S. The molecule has 0 N–H and O–H groups in total. The van der Waals surface area contributed by atoms with Gasteiger partial charge in [0.15, 0.2) is 5.69 Å². The molecule has 0 aromatic carbocycles. The van der Waals surface area contributed by atoms with Gasteiger partial charge in [-0.25, -0.2) is 13.4 Å². The molecule has 0 radical (unpaired) electrons. The summed E-state index contributed by atoms with van der Waals surface area (Å²) in [4.78, 5) is 18.7. The zero-order valence-corrected chi connectivity index (χ0v) is 14.1. The molecule has 3 heterocycles. The van der Waals surface area contributed by atoms with Crippen LogP contribution in [0.25, 0.3) is 5.52 Å². The number of nitrogens with zero attached hydrogens (tertiary/aromatic N) is 3. The Kier molecular flexibility index (Phi) is 3.89. The summed E-state index contributed by atoms with van der Waals surface area (Å²) in [5.41, 5.74) is 0.649. The van der Waals surface area contributed by atoms with Crippen molar-refractivity contribution in [3.05, 3.63) is 30.1 Å². The zero-order valence-electron chi connectivity index (χ0n) is 13.3. The molecule has 1 aliphatic rings. The number of amides is 1. The lowest BCUT2D eigenvalue weighted by molar-refractivity contribution is -0.0388. The third-order valence-corrected chi connectivity index (χ3v) is 4.87. The predicted molar refractivity (Wildman–Crippen MR) is 84.2 cm³/mol. The van der Waals surface area contributed by atoms with Gasteiger partial charge in [0.05, 0.1) is 24.3 Å². The van der Waals surface area contributed by atoms with Gasteiger partial charge in [0.1, 0.15) is 0 Å². The van der Waals surface area contributed by atoms with E-state index in [-0.39, 0.29) is 28.9 Å². The summed E-state index contributed by atoms with van der Waals surface area (Å²) in [6, 6.07) is 5.08. The van der Waals surface area contributed by atoms with Gasteiger partial charge in [-0.2, -0.15) is 0 Å². The monoisotopic (exact) mass is 337 g/mol. The molecule has 1 aliphatic heterocycles. The summed E-state index contributed by atoms with van der Waals surface area (Å²) in [5.74, 6) is -0.272. The largest absolute Gasteiger partial charge is 0.375 e. The molecule has 1 fully saturated rings. The van der Waals surface area contributed by atoms with Gasteiger partial charge >= 0.3 is 0 Å². The van der Waals surface area contributed by atoms with Gasteiger partial charge in [0.2, 0.25) is 15.0 Å². The van der Waals surface area contributed by atoms with Crippen molar-refractivity contribution in [2.75, 3.05) is 19.4 Å². The summed E-state index contributed by atoms with van der Waals surface area (Å²) in [5, 5.41) is -0.120. The lowest BCUT2D eigenvalue weighted by Crippen LogP contribution is -2.50. The van der Waals surface area contributed by atoms with E-state index in [1.165, 1.54) is 4.40 Å². The van der Waals surface area contributed by atoms with Crippen LogP contribution in [0.5, 0.6) is 0 Å². The molecule has 2 aromatic heterocycles. The van der Waals surface area contributed by atoms with E-state index < -0.39 is 9.84 Å². The van der Waals surface area contributed by atoms with E-state index in [0.29, 0.717) is 18.7 Å². The van der Waals surface area contributed by atoms with Crippen molar-refractivity contribution >= 4 is 21.3 Å². The van der Waals surface area contributed by atoms with Gasteiger partial charge in [-0.3, -0.25) is 9.20 Å². The Morgan fingerprint density at radius 1 is 1.35 bits per heavy atom. The highest BCUT2D eigenvalue weighted by molar-refractivity contribution is 7.90. The minimum atomic E-state index is -3.54. The van der Waals surface area contributed by atoms with E-state index >= 15 is 0 Å². The average Bonchev–Trinajstić information content (AvgIpc) is 2.89. The fraction of sp³-hybridized carbons (Fsp3) is 0.467. The van der Waals surface area contributed by atoms with E-state index in [2.05, 4.69) is 4.98 Å². The number of hydrogen-bond donors (Lipinski definition) is 0. The van der Waals surface area contributed by atoms with Crippen molar-refractivity contribution in [2.24, 2.45) is 0 Å². The number of ether oxygens (including phenoxy) is 1. The van der Waals surface area contributed by atoms with Crippen LogP contribution in [0.4, 0.5) is 0 Å². The number of fused-ring (bicyclic) bond motifs is 1. The Balaban J connectivity index is 2.11. The highest BCUT2D eigenvalue weighted by Gasteiger charge is 2.32. The maximum absolute atomic E-state index is 12.9. The van der Waals surface area contributed by atoms with Crippen molar-refractivity contribution in [1.82, 2.24) is 14.3 Å². The molecule has 7 nitrogen and oxygen atoms in total. The molecule has 0 aliphatic carbocycles. The third-order valence-electron chi connectivity index (χ3n) is 3.92. The van der Waals surface area contributed by atoms with Crippen LogP contribution in [0.15, 0.2) is 29.6 Å². The first-order chi connectivity index (χ1) is 10.8. The van der Waals surface area contributed by atoms with Gasteiger partial charge in [0.25, 0.3) is 5.91 Å². The summed E-state index contributed by atoms with van der Waals surface area (Å²) in [6.07, 6.45) is 2.63. The Morgan fingerprint density at radius 3 is 2.78 bits per heavy atom. The fourth-order valence-electron chi connectivity index (χ4n) is 2.75. The molecule has 2 aromatic rings. The summed E-state index contributed by atoms with van der Waals surface area (Å²) >= 11 is 0. The number of sulfone groups is 1. The van der Waals surface area contributed by atoms with Crippen LogP contribution in [0, 0.1) is 0 Å². The van der Waals surface area contributed by atoms with Crippen LogP contribution in [0.2, 0.25) is 0 Å². The quantitative estimate of drug-likeness (QED) is 0.816. The Labute approximate surface area is 134 Å². The van der Waals surface area contributed by atoms with Gasteiger partial charge in [-0.05, 0) is 26.0 Å². The zero-order chi connectivity index (χ0) is 16.8. The van der Waals surface area contributed by atoms with Gasteiger partial charge in [-0.1, -0.05) is 6.07 Å². The van der Waals surface area contributed by atoms with Crippen molar-refractivity contribution < 1.29 is 17.9 Å². The molecule has 2 unspecified atom stereocenters. The first-order valence-electron chi connectivity index (χ1n) is 7.38. The average molecular weight is 337 g/mol. The molecule has 124 valence electrons. The highest BCUT2D eigenvalue weighted by Crippen LogP contribution is 2.21. The smallest absolute Gasteiger partial charge is 0.275 e. The molecule has 0 spiro atoms. The molecule has 8 heteroatoms. The van der Waals surface area contributed by atoms with Gasteiger partial charge in [0, 0.05) is 19.0 Å². The first kappa shape index (κ1) is 15.9. The van der Waals surface area contributed by atoms with Crippen molar-refractivity contribution in [2.45, 2.75) is 31.1 Å². The maximum atomic E-state index is 12.9. The molecular weight excluding hydrogens is 318 g/mol. The Morgan fingerprint density at radius 2 is 2.09 bits per heavy atom. The fourth-order valence-corrected chi connectivity index (χ4v) is 3.52. The Bertz CT molecular complexity index is 859.